The van der Waals surface area contributed by atoms with Gasteiger partial charge in [-0.15, -0.1) is 0 Å². The fourth-order valence-electron chi connectivity index (χ4n) is 2.37. The zero-order valence-corrected chi connectivity index (χ0v) is 13.8. The van der Waals surface area contributed by atoms with E-state index in [1.165, 1.54) is 5.56 Å². The van der Waals surface area contributed by atoms with Crippen LogP contribution in [0.25, 0.3) is 0 Å². The Hall–Kier alpha value is -1.41. The number of unbranched alkanes of at least 4 members (excludes halogenated alkanes) is 1. The number of benzene rings is 2. The van der Waals surface area contributed by atoms with Crippen molar-refractivity contribution in [2.24, 2.45) is 0 Å². The van der Waals surface area contributed by atoms with Crippen molar-refractivity contribution in [3.8, 4) is 0 Å². The maximum absolute atomic E-state index is 12.1. The SMILES string of the molecule is CC(OP(=O)(O)CCCCc1ccccc1)c1ccccc1. The average Bonchev–Trinajstić information content (AvgIpc) is 2.53. The molecule has 0 aliphatic heterocycles. The summed E-state index contributed by atoms with van der Waals surface area (Å²) in [5.41, 5.74) is 2.18. The summed E-state index contributed by atoms with van der Waals surface area (Å²) >= 11 is 0. The summed E-state index contributed by atoms with van der Waals surface area (Å²) in [4.78, 5) is 9.98. The van der Waals surface area contributed by atoms with Gasteiger partial charge in [0.25, 0.3) is 0 Å². The van der Waals surface area contributed by atoms with E-state index in [1.54, 1.807) is 0 Å². The lowest BCUT2D eigenvalue weighted by Gasteiger charge is -2.18. The van der Waals surface area contributed by atoms with Crippen molar-refractivity contribution >= 4 is 7.60 Å². The monoisotopic (exact) mass is 318 g/mol. The van der Waals surface area contributed by atoms with E-state index in [1.807, 2.05) is 55.5 Å². The topological polar surface area (TPSA) is 46.5 Å². The number of rotatable bonds is 8. The molecule has 2 unspecified atom stereocenters. The zero-order chi connectivity index (χ0) is 15.8. The van der Waals surface area contributed by atoms with Crippen molar-refractivity contribution in [1.82, 2.24) is 0 Å². The molecule has 0 saturated heterocycles. The van der Waals surface area contributed by atoms with Crippen LogP contribution in [0.4, 0.5) is 0 Å². The van der Waals surface area contributed by atoms with Gasteiger partial charge in [-0.3, -0.25) is 4.57 Å². The molecule has 0 spiro atoms. The Bertz CT molecular complexity index is 598. The molecule has 0 aromatic heterocycles. The second-order valence-electron chi connectivity index (χ2n) is 5.46. The van der Waals surface area contributed by atoms with Gasteiger partial charge in [-0.05, 0) is 37.3 Å². The fourth-order valence-corrected chi connectivity index (χ4v) is 3.71. The molecule has 0 heterocycles. The van der Waals surface area contributed by atoms with Gasteiger partial charge in [0, 0.05) is 0 Å². The lowest BCUT2D eigenvalue weighted by atomic mass is 10.1. The summed E-state index contributed by atoms with van der Waals surface area (Å²) in [6.07, 6.45) is 2.33. The lowest BCUT2D eigenvalue weighted by Crippen LogP contribution is -2.01. The second-order valence-corrected chi connectivity index (χ2v) is 7.40. The molecule has 0 aliphatic carbocycles. The minimum atomic E-state index is -3.54. The van der Waals surface area contributed by atoms with Crippen molar-refractivity contribution in [2.45, 2.75) is 32.3 Å². The third-order valence-corrected chi connectivity index (χ3v) is 5.12. The molecule has 2 atom stereocenters. The minimum absolute atomic E-state index is 0.205. The van der Waals surface area contributed by atoms with Gasteiger partial charge in [0.2, 0.25) is 0 Å². The normalized spacial score (nSPS) is 15.2. The maximum atomic E-state index is 12.1. The average molecular weight is 318 g/mol. The van der Waals surface area contributed by atoms with Crippen molar-refractivity contribution in [2.75, 3.05) is 6.16 Å². The van der Waals surface area contributed by atoms with Crippen LogP contribution in [0, 0.1) is 0 Å². The van der Waals surface area contributed by atoms with Crippen LogP contribution in [-0.2, 0) is 15.5 Å². The number of hydrogen-bond donors (Lipinski definition) is 1. The van der Waals surface area contributed by atoms with Gasteiger partial charge in [-0.2, -0.15) is 0 Å². The van der Waals surface area contributed by atoms with Gasteiger partial charge in [0.15, 0.2) is 0 Å². The van der Waals surface area contributed by atoms with E-state index in [0.29, 0.717) is 6.42 Å². The molecule has 0 saturated carbocycles. The molecule has 3 nitrogen and oxygen atoms in total. The van der Waals surface area contributed by atoms with Crippen LogP contribution in [0.1, 0.15) is 37.0 Å². The number of hydrogen-bond acceptors (Lipinski definition) is 2. The molecule has 1 N–H and O–H groups in total. The molecule has 0 fully saturated rings. The molecular formula is C18H23O3P. The fraction of sp³-hybridized carbons (Fsp3) is 0.333. The highest BCUT2D eigenvalue weighted by atomic mass is 31.2. The van der Waals surface area contributed by atoms with Crippen LogP contribution in [0.5, 0.6) is 0 Å². The summed E-state index contributed by atoms with van der Waals surface area (Å²) in [6.45, 7) is 1.81. The van der Waals surface area contributed by atoms with E-state index in [0.717, 1.165) is 18.4 Å². The molecular weight excluding hydrogens is 295 g/mol. The minimum Gasteiger partial charge on any atom is -0.324 e. The molecule has 2 rings (SSSR count). The Balaban J connectivity index is 1.75. The van der Waals surface area contributed by atoms with E-state index >= 15 is 0 Å². The summed E-state index contributed by atoms with van der Waals surface area (Å²) in [5, 5.41) is 0. The molecule has 0 amide bonds. The van der Waals surface area contributed by atoms with Crippen molar-refractivity contribution < 1.29 is 14.0 Å². The Morgan fingerprint density at radius 3 is 2.23 bits per heavy atom. The predicted molar refractivity (Wildman–Crippen MR) is 90.0 cm³/mol. The maximum Gasteiger partial charge on any atom is 0.328 e. The summed E-state index contributed by atoms with van der Waals surface area (Å²) in [5.74, 6) is 0. The predicted octanol–water partition coefficient (Wildman–Crippen LogP) is 4.97. The highest BCUT2D eigenvalue weighted by Crippen LogP contribution is 2.47. The van der Waals surface area contributed by atoms with Crippen LogP contribution in [0.2, 0.25) is 0 Å². The Morgan fingerprint density at radius 1 is 1.00 bits per heavy atom. The molecule has 0 radical (unpaired) electrons. The van der Waals surface area contributed by atoms with Crippen LogP contribution < -0.4 is 0 Å². The van der Waals surface area contributed by atoms with E-state index < -0.39 is 7.60 Å². The quantitative estimate of drug-likeness (QED) is 0.552. The van der Waals surface area contributed by atoms with Gasteiger partial charge >= 0.3 is 7.60 Å². The molecule has 118 valence electrons. The van der Waals surface area contributed by atoms with Gasteiger partial charge in [-0.1, -0.05) is 60.7 Å². The van der Waals surface area contributed by atoms with Gasteiger partial charge in [0.05, 0.1) is 12.3 Å². The smallest absolute Gasteiger partial charge is 0.324 e. The van der Waals surface area contributed by atoms with E-state index in [4.69, 9.17) is 4.52 Å². The third-order valence-electron chi connectivity index (χ3n) is 3.59. The van der Waals surface area contributed by atoms with Gasteiger partial charge in [-0.25, -0.2) is 0 Å². The summed E-state index contributed by atoms with van der Waals surface area (Å²) in [7, 11) is -3.54. The molecule has 4 heteroatoms. The molecule has 22 heavy (non-hydrogen) atoms. The van der Waals surface area contributed by atoms with E-state index in [-0.39, 0.29) is 12.3 Å². The first kappa shape index (κ1) is 17.0. The molecule has 0 aliphatic rings. The first-order chi connectivity index (χ1) is 10.6. The van der Waals surface area contributed by atoms with Gasteiger partial charge < -0.3 is 9.42 Å². The number of aryl methyl sites for hydroxylation is 1. The summed E-state index contributed by atoms with van der Waals surface area (Å²) in [6, 6.07) is 19.7. The Labute approximate surface area is 132 Å². The molecule has 0 bridgehead atoms. The van der Waals surface area contributed by atoms with Crippen molar-refractivity contribution in [3.05, 3.63) is 71.8 Å². The molecule has 2 aromatic carbocycles. The highest BCUT2D eigenvalue weighted by molar-refractivity contribution is 7.52. The largest absolute Gasteiger partial charge is 0.328 e. The third kappa shape index (κ3) is 5.76. The highest BCUT2D eigenvalue weighted by Gasteiger charge is 2.22. The first-order valence-electron chi connectivity index (χ1n) is 7.66. The van der Waals surface area contributed by atoms with Crippen LogP contribution in [0.15, 0.2) is 60.7 Å². The van der Waals surface area contributed by atoms with E-state index in [2.05, 4.69) is 12.1 Å². The van der Waals surface area contributed by atoms with Crippen LogP contribution in [0.3, 0.4) is 0 Å². The van der Waals surface area contributed by atoms with Gasteiger partial charge in [0.1, 0.15) is 0 Å². The lowest BCUT2D eigenvalue weighted by molar-refractivity contribution is 0.191. The Morgan fingerprint density at radius 2 is 1.59 bits per heavy atom. The van der Waals surface area contributed by atoms with Crippen LogP contribution >= 0.6 is 7.60 Å². The van der Waals surface area contributed by atoms with Crippen molar-refractivity contribution in [1.29, 1.82) is 0 Å². The zero-order valence-electron chi connectivity index (χ0n) is 12.9. The second kappa shape index (κ2) is 8.28. The standard InChI is InChI=1S/C18H23O3P/c1-16(18-13-6-3-7-14-18)21-22(19,20)15-9-8-12-17-10-4-2-5-11-17/h2-7,10-11,13-14,16H,8-9,12,15H2,1H3,(H,19,20). The first-order valence-corrected chi connectivity index (χ1v) is 9.42. The Kier molecular flexibility index (Phi) is 6.38. The van der Waals surface area contributed by atoms with Crippen LogP contribution in [-0.4, -0.2) is 11.1 Å². The van der Waals surface area contributed by atoms with Crippen molar-refractivity contribution in [3.63, 3.8) is 0 Å². The molecule has 2 aromatic rings. The van der Waals surface area contributed by atoms with E-state index in [9.17, 15) is 9.46 Å². The summed E-state index contributed by atoms with van der Waals surface area (Å²) < 4.78 is 17.5.